The Morgan fingerprint density at radius 1 is 1.33 bits per heavy atom. The summed E-state index contributed by atoms with van der Waals surface area (Å²) in [5.74, 6) is -0.109. The molecule has 0 radical (unpaired) electrons. The van der Waals surface area contributed by atoms with Crippen molar-refractivity contribution in [2.75, 3.05) is 11.5 Å². The summed E-state index contributed by atoms with van der Waals surface area (Å²) in [6, 6.07) is 7.25. The van der Waals surface area contributed by atoms with E-state index in [0.717, 1.165) is 11.3 Å². The quantitative estimate of drug-likeness (QED) is 0.641. The van der Waals surface area contributed by atoms with E-state index in [-0.39, 0.29) is 11.8 Å². The van der Waals surface area contributed by atoms with Gasteiger partial charge in [-0.1, -0.05) is 36.8 Å². The predicted octanol–water partition coefficient (Wildman–Crippen LogP) is 2.36. The van der Waals surface area contributed by atoms with Gasteiger partial charge in [-0.3, -0.25) is 4.79 Å². The zero-order chi connectivity index (χ0) is 15.8. The number of amides is 1. The van der Waals surface area contributed by atoms with Gasteiger partial charge in [0.15, 0.2) is 0 Å². The lowest BCUT2D eigenvalue weighted by atomic mass is 10.2. The lowest BCUT2D eigenvalue weighted by molar-refractivity contribution is -0.141. The standard InChI is InChI=1S/C15H21NO3S2/c1-10-3-5-12(6-4-10)8-21-9-13(15(18)19)16-14(17)11(2)7-20/h3-6,11,13,20H,7-9H2,1-2H3,(H,16,17)(H,18,19)/t11?,13-/m0/s1. The molecule has 4 nitrogen and oxygen atoms in total. The van der Waals surface area contributed by atoms with E-state index in [1.165, 1.54) is 17.3 Å². The number of thiol groups is 1. The number of carboxylic acid groups (broad SMARTS) is 1. The van der Waals surface area contributed by atoms with Gasteiger partial charge in [0.1, 0.15) is 6.04 Å². The maximum atomic E-state index is 11.7. The molecule has 2 atom stereocenters. The van der Waals surface area contributed by atoms with Gasteiger partial charge in [0.2, 0.25) is 5.91 Å². The molecule has 2 N–H and O–H groups in total. The van der Waals surface area contributed by atoms with Gasteiger partial charge in [-0.2, -0.15) is 24.4 Å². The van der Waals surface area contributed by atoms with E-state index in [1.807, 2.05) is 31.2 Å². The Bertz CT molecular complexity index is 476. The van der Waals surface area contributed by atoms with E-state index in [2.05, 4.69) is 17.9 Å². The zero-order valence-corrected chi connectivity index (χ0v) is 13.9. The van der Waals surface area contributed by atoms with E-state index in [9.17, 15) is 9.59 Å². The second-order valence-corrected chi connectivity index (χ2v) is 6.38. The van der Waals surface area contributed by atoms with Crippen molar-refractivity contribution < 1.29 is 14.7 Å². The fourth-order valence-electron chi connectivity index (χ4n) is 1.55. The van der Waals surface area contributed by atoms with Gasteiger partial charge >= 0.3 is 5.97 Å². The molecule has 0 spiro atoms. The fourth-order valence-corrected chi connectivity index (χ4v) is 2.72. The van der Waals surface area contributed by atoms with Crippen LogP contribution in [0.5, 0.6) is 0 Å². The maximum absolute atomic E-state index is 11.7. The van der Waals surface area contributed by atoms with Gasteiger partial charge in [-0.05, 0) is 12.5 Å². The van der Waals surface area contributed by atoms with Crippen LogP contribution in [-0.2, 0) is 15.3 Å². The van der Waals surface area contributed by atoms with Gasteiger partial charge in [0.05, 0.1) is 0 Å². The van der Waals surface area contributed by atoms with Crippen LogP contribution in [0.4, 0.5) is 0 Å². The summed E-state index contributed by atoms with van der Waals surface area (Å²) in [4.78, 5) is 22.9. The number of nitrogens with one attached hydrogen (secondary N) is 1. The number of rotatable bonds is 8. The molecule has 6 heteroatoms. The van der Waals surface area contributed by atoms with Crippen LogP contribution in [0.3, 0.4) is 0 Å². The van der Waals surface area contributed by atoms with Crippen LogP contribution in [0, 0.1) is 12.8 Å². The molecule has 1 aromatic rings. The first-order valence-corrected chi connectivity index (χ1v) is 8.50. The third kappa shape index (κ3) is 6.44. The molecule has 1 amide bonds. The molecule has 116 valence electrons. The van der Waals surface area contributed by atoms with Gasteiger partial charge in [0.25, 0.3) is 0 Å². The molecular formula is C15H21NO3S2. The number of hydrogen-bond donors (Lipinski definition) is 3. The number of aliphatic carboxylic acids is 1. The Morgan fingerprint density at radius 2 is 1.95 bits per heavy atom. The molecule has 1 unspecified atom stereocenters. The highest BCUT2D eigenvalue weighted by atomic mass is 32.2. The molecule has 0 aromatic heterocycles. The summed E-state index contributed by atoms with van der Waals surface area (Å²) >= 11 is 5.54. The number of thioether (sulfide) groups is 1. The Morgan fingerprint density at radius 3 is 2.48 bits per heavy atom. The Kier molecular flexibility index (Phi) is 7.67. The molecule has 0 saturated carbocycles. The largest absolute Gasteiger partial charge is 0.480 e. The van der Waals surface area contributed by atoms with E-state index in [4.69, 9.17) is 5.11 Å². The summed E-state index contributed by atoms with van der Waals surface area (Å²) in [6.45, 7) is 3.75. The monoisotopic (exact) mass is 327 g/mol. The van der Waals surface area contributed by atoms with Crippen molar-refractivity contribution in [2.24, 2.45) is 5.92 Å². The molecule has 0 heterocycles. The van der Waals surface area contributed by atoms with Gasteiger partial charge < -0.3 is 10.4 Å². The summed E-state index contributed by atoms with van der Waals surface area (Å²) in [7, 11) is 0. The molecule has 0 aliphatic heterocycles. The predicted molar refractivity (Wildman–Crippen MR) is 89.9 cm³/mol. The van der Waals surface area contributed by atoms with Crippen LogP contribution in [-0.4, -0.2) is 34.5 Å². The molecule has 0 fully saturated rings. The van der Waals surface area contributed by atoms with Crippen molar-refractivity contribution in [3.05, 3.63) is 35.4 Å². The minimum Gasteiger partial charge on any atom is -0.480 e. The summed E-state index contributed by atoms with van der Waals surface area (Å²) in [5.41, 5.74) is 2.34. The number of carbonyl (C=O) groups excluding carboxylic acids is 1. The molecule has 1 aromatic carbocycles. The SMILES string of the molecule is Cc1ccc(CSC[C@H](NC(=O)C(C)CS)C(=O)O)cc1. The van der Waals surface area contributed by atoms with Crippen molar-refractivity contribution in [2.45, 2.75) is 25.6 Å². The van der Waals surface area contributed by atoms with Crippen molar-refractivity contribution in [3.8, 4) is 0 Å². The lowest BCUT2D eigenvalue weighted by Gasteiger charge is -2.16. The van der Waals surface area contributed by atoms with E-state index in [1.54, 1.807) is 6.92 Å². The smallest absolute Gasteiger partial charge is 0.327 e. The molecule has 0 bridgehead atoms. The minimum atomic E-state index is -1.01. The second kappa shape index (κ2) is 9.00. The highest BCUT2D eigenvalue weighted by molar-refractivity contribution is 7.98. The Labute approximate surface area is 135 Å². The molecule has 1 rings (SSSR count). The maximum Gasteiger partial charge on any atom is 0.327 e. The number of carbonyl (C=O) groups is 2. The van der Waals surface area contributed by atoms with Crippen molar-refractivity contribution in [1.82, 2.24) is 5.32 Å². The highest BCUT2D eigenvalue weighted by Gasteiger charge is 2.22. The first kappa shape index (κ1) is 17.9. The normalized spacial score (nSPS) is 13.5. The third-order valence-corrected chi connectivity index (χ3v) is 4.66. The average Bonchev–Trinajstić information content (AvgIpc) is 2.46. The first-order chi connectivity index (χ1) is 9.93. The fraction of sp³-hybridized carbons (Fsp3) is 0.467. The van der Waals surface area contributed by atoms with Crippen molar-refractivity contribution in [1.29, 1.82) is 0 Å². The molecule has 0 saturated heterocycles. The van der Waals surface area contributed by atoms with Gasteiger partial charge in [0, 0.05) is 23.2 Å². The highest BCUT2D eigenvalue weighted by Crippen LogP contribution is 2.14. The van der Waals surface area contributed by atoms with Crippen molar-refractivity contribution in [3.63, 3.8) is 0 Å². The topological polar surface area (TPSA) is 66.4 Å². The number of carboxylic acids is 1. The van der Waals surface area contributed by atoms with Crippen molar-refractivity contribution >= 4 is 36.3 Å². The van der Waals surface area contributed by atoms with Gasteiger partial charge in [-0.25, -0.2) is 4.79 Å². The van der Waals surface area contributed by atoms with Crippen LogP contribution in [0.1, 0.15) is 18.1 Å². The summed E-state index contributed by atoms with van der Waals surface area (Å²) in [5, 5.41) is 11.7. The van der Waals surface area contributed by atoms with Crippen LogP contribution in [0.15, 0.2) is 24.3 Å². The molecular weight excluding hydrogens is 306 g/mol. The Balaban J connectivity index is 2.46. The lowest BCUT2D eigenvalue weighted by Crippen LogP contribution is -2.45. The minimum absolute atomic E-state index is 0.270. The van der Waals surface area contributed by atoms with Crippen LogP contribution in [0.2, 0.25) is 0 Å². The average molecular weight is 327 g/mol. The molecule has 21 heavy (non-hydrogen) atoms. The van der Waals surface area contributed by atoms with E-state index >= 15 is 0 Å². The van der Waals surface area contributed by atoms with Crippen LogP contribution < -0.4 is 5.32 Å². The number of aryl methyl sites for hydroxylation is 1. The van der Waals surface area contributed by atoms with E-state index < -0.39 is 12.0 Å². The van der Waals surface area contributed by atoms with Crippen LogP contribution in [0.25, 0.3) is 0 Å². The molecule has 0 aliphatic carbocycles. The van der Waals surface area contributed by atoms with Crippen LogP contribution >= 0.6 is 24.4 Å². The third-order valence-electron chi connectivity index (χ3n) is 3.01. The van der Waals surface area contributed by atoms with Gasteiger partial charge in [-0.15, -0.1) is 0 Å². The zero-order valence-electron chi connectivity index (χ0n) is 12.2. The summed E-state index contributed by atoms with van der Waals surface area (Å²) < 4.78 is 0. The second-order valence-electron chi connectivity index (χ2n) is 4.98. The van der Waals surface area contributed by atoms with E-state index in [0.29, 0.717) is 11.5 Å². The summed E-state index contributed by atoms with van der Waals surface area (Å²) in [6.07, 6.45) is 0. The first-order valence-electron chi connectivity index (χ1n) is 6.71. The molecule has 0 aliphatic rings. The number of benzene rings is 1. The number of hydrogen-bond acceptors (Lipinski definition) is 4. The Hall–Kier alpha value is -1.14.